The summed E-state index contributed by atoms with van der Waals surface area (Å²) in [6.45, 7) is 0.568. The van der Waals surface area contributed by atoms with Gasteiger partial charge in [-0.15, -0.1) is 0 Å². The second-order valence-corrected chi connectivity index (χ2v) is 4.65. The predicted octanol–water partition coefficient (Wildman–Crippen LogP) is 2.08. The van der Waals surface area contributed by atoms with E-state index in [4.69, 9.17) is 15.2 Å². The first-order valence-electron chi connectivity index (χ1n) is 6.16. The van der Waals surface area contributed by atoms with Gasteiger partial charge in [-0.3, -0.25) is 0 Å². The van der Waals surface area contributed by atoms with Crippen molar-refractivity contribution in [2.75, 3.05) is 13.7 Å². The summed E-state index contributed by atoms with van der Waals surface area (Å²) in [6, 6.07) is 0. The van der Waals surface area contributed by atoms with Gasteiger partial charge in [0, 0.05) is 13.0 Å². The molecule has 1 fully saturated rings. The van der Waals surface area contributed by atoms with Gasteiger partial charge in [-0.25, -0.2) is 4.39 Å². The van der Waals surface area contributed by atoms with E-state index in [1.54, 1.807) is 19.3 Å². The maximum Gasteiger partial charge on any atom is 0.123 e. The first-order chi connectivity index (χ1) is 8.22. The minimum absolute atomic E-state index is 0.169. The Labute approximate surface area is 101 Å². The fourth-order valence-corrected chi connectivity index (χ4v) is 2.49. The quantitative estimate of drug-likeness (QED) is 0.819. The van der Waals surface area contributed by atoms with Gasteiger partial charge in [0.25, 0.3) is 0 Å². The van der Waals surface area contributed by atoms with Crippen molar-refractivity contribution in [1.29, 1.82) is 0 Å². The molecular weight excluding hydrogens is 221 g/mol. The molecule has 0 spiro atoms. The predicted molar refractivity (Wildman–Crippen MR) is 64.3 cm³/mol. The van der Waals surface area contributed by atoms with Gasteiger partial charge in [0.1, 0.15) is 11.9 Å². The van der Waals surface area contributed by atoms with Crippen LogP contribution in [-0.4, -0.2) is 32.0 Å². The lowest BCUT2D eigenvalue weighted by atomic mass is 9.95. The summed E-state index contributed by atoms with van der Waals surface area (Å²) in [5, 5.41) is 0. The first-order valence-corrected chi connectivity index (χ1v) is 6.16. The first kappa shape index (κ1) is 12.6. The molecule has 0 bridgehead atoms. The molecule has 4 heteroatoms. The summed E-state index contributed by atoms with van der Waals surface area (Å²) in [5.74, 6) is 0.790. The Morgan fingerprint density at radius 2 is 2.24 bits per heavy atom. The Morgan fingerprint density at radius 1 is 1.47 bits per heavy atom. The highest BCUT2D eigenvalue weighted by Gasteiger charge is 2.27. The van der Waals surface area contributed by atoms with Crippen LogP contribution in [0.1, 0.15) is 25.7 Å². The zero-order valence-electron chi connectivity index (χ0n) is 10.2. The van der Waals surface area contributed by atoms with Crippen molar-refractivity contribution in [2.45, 2.75) is 44.1 Å². The number of ether oxygens (including phenoxy) is 2. The average Bonchev–Trinajstić information content (AvgIpc) is 2.77. The third-order valence-electron chi connectivity index (χ3n) is 3.40. The van der Waals surface area contributed by atoms with E-state index in [0.717, 1.165) is 30.6 Å². The number of allylic oxidation sites excluding steroid dienone is 2. The number of rotatable bonds is 4. The lowest BCUT2D eigenvalue weighted by Crippen LogP contribution is -2.21. The van der Waals surface area contributed by atoms with Crippen LogP contribution in [0.5, 0.6) is 0 Å². The van der Waals surface area contributed by atoms with Crippen molar-refractivity contribution in [3.8, 4) is 0 Å². The molecular formula is C13H20FNO2. The van der Waals surface area contributed by atoms with Crippen LogP contribution in [0.15, 0.2) is 23.5 Å². The Kier molecular flexibility index (Phi) is 4.18. The van der Waals surface area contributed by atoms with Gasteiger partial charge in [0.05, 0.1) is 19.3 Å². The van der Waals surface area contributed by atoms with Crippen molar-refractivity contribution >= 4 is 0 Å². The zero-order chi connectivity index (χ0) is 12.3. The van der Waals surface area contributed by atoms with Gasteiger partial charge in [0.15, 0.2) is 0 Å². The van der Waals surface area contributed by atoms with Crippen LogP contribution in [-0.2, 0) is 9.47 Å². The smallest absolute Gasteiger partial charge is 0.123 e. The summed E-state index contributed by atoms with van der Waals surface area (Å²) >= 11 is 0. The highest BCUT2D eigenvalue weighted by molar-refractivity contribution is 5.27. The standard InChI is InChI=1S/C13H20FNO2/c1-16-13-5-2-10(14)6-9(13)7-11-3-4-12(8-15)17-11/h2,5,10-12H,3-4,6-8,15H2,1H3. The van der Waals surface area contributed by atoms with Crippen LogP contribution in [0, 0.1) is 0 Å². The van der Waals surface area contributed by atoms with E-state index in [1.807, 2.05) is 0 Å². The normalized spacial score (nSPS) is 33.2. The second-order valence-electron chi connectivity index (χ2n) is 4.65. The summed E-state index contributed by atoms with van der Waals surface area (Å²) < 4.78 is 24.4. The van der Waals surface area contributed by atoms with Crippen molar-refractivity contribution in [1.82, 2.24) is 0 Å². The van der Waals surface area contributed by atoms with Crippen LogP contribution in [0.4, 0.5) is 4.39 Å². The molecule has 0 aromatic carbocycles. The van der Waals surface area contributed by atoms with Crippen LogP contribution in [0.25, 0.3) is 0 Å². The van der Waals surface area contributed by atoms with E-state index in [2.05, 4.69) is 0 Å². The fraction of sp³-hybridized carbons (Fsp3) is 0.692. The molecule has 1 heterocycles. The van der Waals surface area contributed by atoms with Crippen LogP contribution < -0.4 is 5.73 Å². The topological polar surface area (TPSA) is 44.5 Å². The Bertz CT molecular complexity index is 327. The third-order valence-corrected chi connectivity index (χ3v) is 3.40. The van der Waals surface area contributed by atoms with E-state index >= 15 is 0 Å². The SMILES string of the molecule is COC1=C(CC2CCC(CN)O2)CC(F)C=C1. The largest absolute Gasteiger partial charge is 0.497 e. The number of nitrogens with two attached hydrogens (primary N) is 1. The van der Waals surface area contributed by atoms with Gasteiger partial charge in [0.2, 0.25) is 0 Å². The maximum atomic E-state index is 13.3. The van der Waals surface area contributed by atoms with Gasteiger partial charge in [-0.05, 0) is 37.0 Å². The molecule has 0 saturated carbocycles. The molecule has 3 nitrogen and oxygen atoms in total. The third kappa shape index (κ3) is 3.07. The highest BCUT2D eigenvalue weighted by atomic mass is 19.1. The Balaban J connectivity index is 1.97. The molecule has 0 amide bonds. The Morgan fingerprint density at radius 3 is 2.88 bits per heavy atom. The zero-order valence-corrected chi connectivity index (χ0v) is 10.2. The van der Waals surface area contributed by atoms with Crippen molar-refractivity contribution < 1.29 is 13.9 Å². The van der Waals surface area contributed by atoms with Crippen molar-refractivity contribution in [3.63, 3.8) is 0 Å². The molecule has 0 aromatic rings. The molecule has 3 unspecified atom stereocenters. The molecule has 1 aliphatic heterocycles. The van der Waals surface area contributed by atoms with Gasteiger partial charge >= 0.3 is 0 Å². The average molecular weight is 241 g/mol. The van der Waals surface area contributed by atoms with E-state index < -0.39 is 6.17 Å². The van der Waals surface area contributed by atoms with E-state index in [-0.39, 0.29) is 12.2 Å². The number of halogens is 1. The lowest BCUT2D eigenvalue weighted by molar-refractivity contribution is 0.0492. The molecule has 1 aliphatic carbocycles. The number of alkyl halides is 1. The highest BCUT2D eigenvalue weighted by Crippen LogP contribution is 2.30. The molecule has 2 rings (SSSR count). The van der Waals surface area contributed by atoms with Gasteiger partial charge < -0.3 is 15.2 Å². The molecule has 17 heavy (non-hydrogen) atoms. The van der Waals surface area contributed by atoms with Crippen LogP contribution in [0.2, 0.25) is 0 Å². The monoisotopic (exact) mass is 241 g/mol. The van der Waals surface area contributed by atoms with E-state index in [1.165, 1.54) is 0 Å². The summed E-state index contributed by atoms with van der Waals surface area (Å²) in [6.07, 6.45) is 5.90. The van der Waals surface area contributed by atoms with Gasteiger partial charge in [-0.1, -0.05) is 0 Å². The minimum Gasteiger partial charge on any atom is -0.497 e. The fourth-order valence-electron chi connectivity index (χ4n) is 2.49. The molecule has 96 valence electrons. The molecule has 2 N–H and O–H groups in total. The van der Waals surface area contributed by atoms with E-state index in [0.29, 0.717) is 13.0 Å². The number of hydrogen-bond acceptors (Lipinski definition) is 3. The van der Waals surface area contributed by atoms with Crippen LogP contribution >= 0.6 is 0 Å². The molecule has 1 saturated heterocycles. The summed E-state index contributed by atoms with van der Waals surface area (Å²) in [7, 11) is 1.62. The minimum atomic E-state index is -0.893. The molecule has 2 aliphatic rings. The second kappa shape index (κ2) is 5.65. The summed E-state index contributed by atoms with van der Waals surface area (Å²) in [5.41, 5.74) is 6.59. The number of hydrogen-bond donors (Lipinski definition) is 1. The van der Waals surface area contributed by atoms with Crippen molar-refractivity contribution in [2.24, 2.45) is 5.73 Å². The molecule has 0 radical (unpaired) electrons. The lowest BCUT2D eigenvalue weighted by Gasteiger charge is -2.20. The summed E-state index contributed by atoms with van der Waals surface area (Å²) in [4.78, 5) is 0. The van der Waals surface area contributed by atoms with Gasteiger partial charge in [-0.2, -0.15) is 0 Å². The maximum absolute atomic E-state index is 13.3. The number of methoxy groups -OCH3 is 1. The Hall–Kier alpha value is -0.870. The van der Waals surface area contributed by atoms with Crippen LogP contribution in [0.3, 0.4) is 0 Å². The van der Waals surface area contributed by atoms with E-state index in [9.17, 15) is 4.39 Å². The van der Waals surface area contributed by atoms with Crippen molar-refractivity contribution in [3.05, 3.63) is 23.5 Å². The molecule has 0 aromatic heterocycles. The molecule has 3 atom stereocenters.